The highest BCUT2D eigenvalue weighted by Gasteiger charge is 2.02. The van der Waals surface area contributed by atoms with E-state index in [9.17, 15) is 0 Å². The fourth-order valence-electron chi connectivity index (χ4n) is 4.65. The summed E-state index contributed by atoms with van der Waals surface area (Å²) in [6.07, 6.45) is 31.2. The molecule has 1 rings (SSSR count). The van der Waals surface area contributed by atoms with Crippen molar-refractivity contribution in [2.45, 2.75) is 155 Å². The van der Waals surface area contributed by atoms with Gasteiger partial charge in [0.05, 0.1) is 0 Å². The molecule has 0 nitrogen and oxygen atoms in total. The zero-order chi connectivity index (χ0) is 21.5. The van der Waals surface area contributed by atoms with E-state index >= 15 is 0 Å². The summed E-state index contributed by atoms with van der Waals surface area (Å²) in [7, 11) is 0. The van der Waals surface area contributed by atoms with Crippen molar-refractivity contribution in [2.24, 2.45) is 0 Å². The van der Waals surface area contributed by atoms with Crippen molar-refractivity contribution in [1.82, 2.24) is 0 Å². The molecule has 0 atom stereocenters. The summed E-state index contributed by atoms with van der Waals surface area (Å²) in [6, 6.07) is 9.26. The Morgan fingerprint density at radius 3 is 0.933 bits per heavy atom. The lowest BCUT2D eigenvalue weighted by Crippen LogP contribution is -1.95. The van der Waals surface area contributed by atoms with Gasteiger partial charge >= 0.3 is 0 Å². The minimum absolute atomic E-state index is 1.30. The average molecular weight is 415 g/mol. The van der Waals surface area contributed by atoms with Crippen molar-refractivity contribution in [1.29, 1.82) is 0 Å². The van der Waals surface area contributed by atoms with Crippen LogP contribution in [0.25, 0.3) is 0 Å². The van der Waals surface area contributed by atoms with E-state index in [1.807, 2.05) is 0 Å². The summed E-state index contributed by atoms with van der Waals surface area (Å²) >= 11 is 0. The summed E-state index contributed by atoms with van der Waals surface area (Å²) in [5.74, 6) is 0. The van der Waals surface area contributed by atoms with E-state index in [1.54, 1.807) is 11.1 Å². The number of benzene rings is 1. The van der Waals surface area contributed by atoms with E-state index in [2.05, 4.69) is 38.1 Å². The van der Waals surface area contributed by atoms with E-state index in [1.165, 1.54) is 141 Å². The highest BCUT2D eigenvalue weighted by molar-refractivity contribution is 5.27. The van der Waals surface area contributed by atoms with E-state index in [0.717, 1.165) is 0 Å². The maximum absolute atomic E-state index is 2.39. The van der Waals surface area contributed by atoms with Gasteiger partial charge in [0.1, 0.15) is 0 Å². The van der Waals surface area contributed by atoms with Gasteiger partial charge in [-0.3, -0.25) is 0 Å². The molecule has 0 aromatic heterocycles. The van der Waals surface area contributed by atoms with Gasteiger partial charge in [0, 0.05) is 0 Å². The molecular weight excluding hydrogens is 360 g/mol. The van der Waals surface area contributed by atoms with Gasteiger partial charge in [0.25, 0.3) is 0 Å². The minimum Gasteiger partial charge on any atom is -0.0654 e. The van der Waals surface area contributed by atoms with Gasteiger partial charge in [-0.2, -0.15) is 0 Å². The second-order valence-electron chi connectivity index (χ2n) is 9.63. The summed E-state index contributed by atoms with van der Waals surface area (Å²) in [5.41, 5.74) is 3.26. The van der Waals surface area contributed by atoms with E-state index < -0.39 is 0 Å². The van der Waals surface area contributed by atoms with Crippen LogP contribution in [-0.2, 0) is 12.8 Å². The molecule has 0 bridgehead atoms. The predicted octanol–water partition coefficient (Wildman–Crippen LogP) is 10.6. The molecule has 0 heteroatoms. The third-order valence-electron chi connectivity index (χ3n) is 6.72. The highest BCUT2D eigenvalue weighted by atomic mass is 14.1. The monoisotopic (exact) mass is 414 g/mol. The summed E-state index contributed by atoms with van der Waals surface area (Å²) < 4.78 is 0. The third kappa shape index (κ3) is 16.0. The first-order valence-corrected chi connectivity index (χ1v) is 13.9. The lowest BCUT2D eigenvalue weighted by atomic mass is 9.96. The Kier molecular flexibility index (Phi) is 19.5. The molecular formula is C30H54. The Balaban J connectivity index is 2.02. The number of hydrogen-bond donors (Lipinski definition) is 0. The second-order valence-corrected chi connectivity index (χ2v) is 9.63. The molecule has 174 valence electrons. The fraction of sp³-hybridized carbons (Fsp3) is 0.800. The predicted molar refractivity (Wildman–Crippen MR) is 138 cm³/mol. The first-order chi connectivity index (χ1) is 14.9. The largest absolute Gasteiger partial charge is 0.0654 e. The summed E-state index contributed by atoms with van der Waals surface area (Å²) in [5, 5.41) is 0. The Bertz CT molecular complexity index is 418. The maximum atomic E-state index is 2.39. The molecule has 30 heavy (non-hydrogen) atoms. The summed E-state index contributed by atoms with van der Waals surface area (Å²) in [4.78, 5) is 0. The van der Waals surface area contributed by atoms with Gasteiger partial charge in [0.2, 0.25) is 0 Å². The van der Waals surface area contributed by atoms with Crippen molar-refractivity contribution in [3.05, 3.63) is 35.4 Å². The second kappa shape index (κ2) is 21.5. The number of rotatable bonds is 22. The van der Waals surface area contributed by atoms with E-state index in [-0.39, 0.29) is 0 Å². The molecule has 0 heterocycles. The zero-order valence-electron chi connectivity index (χ0n) is 20.9. The molecule has 0 fully saturated rings. The van der Waals surface area contributed by atoms with Crippen LogP contribution in [0.1, 0.15) is 153 Å². The molecule has 0 aliphatic rings. The first-order valence-electron chi connectivity index (χ1n) is 13.9. The Morgan fingerprint density at radius 2 is 0.633 bits per heavy atom. The van der Waals surface area contributed by atoms with Crippen molar-refractivity contribution in [3.63, 3.8) is 0 Å². The Labute approximate surface area is 190 Å². The Hall–Kier alpha value is -0.780. The topological polar surface area (TPSA) is 0 Å². The lowest BCUT2D eigenvalue weighted by molar-refractivity contribution is 0.553. The van der Waals surface area contributed by atoms with Gasteiger partial charge in [-0.05, 0) is 36.8 Å². The van der Waals surface area contributed by atoms with Crippen LogP contribution in [0.2, 0.25) is 0 Å². The van der Waals surface area contributed by atoms with Gasteiger partial charge < -0.3 is 0 Å². The van der Waals surface area contributed by atoms with Gasteiger partial charge in [-0.1, -0.05) is 154 Å². The minimum atomic E-state index is 1.30. The SMILES string of the molecule is CCCCCCCCCCCCc1ccccc1CCCCCCCCCCCC. The molecule has 0 aliphatic heterocycles. The van der Waals surface area contributed by atoms with Crippen LogP contribution in [0.15, 0.2) is 24.3 Å². The molecule has 1 aromatic carbocycles. The third-order valence-corrected chi connectivity index (χ3v) is 6.72. The van der Waals surface area contributed by atoms with Crippen molar-refractivity contribution >= 4 is 0 Å². The molecule has 0 aliphatic carbocycles. The molecule has 0 unspecified atom stereocenters. The normalized spacial score (nSPS) is 11.3. The van der Waals surface area contributed by atoms with Crippen molar-refractivity contribution in [2.75, 3.05) is 0 Å². The van der Waals surface area contributed by atoms with Gasteiger partial charge in [-0.25, -0.2) is 0 Å². The smallest absolute Gasteiger partial charge is 0.0276 e. The van der Waals surface area contributed by atoms with Crippen LogP contribution in [0.5, 0.6) is 0 Å². The number of aryl methyl sites for hydroxylation is 2. The molecule has 1 aromatic rings. The fourth-order valence-corrected chi connectivity index (χ4v) is 4.65. The molecule has 0 saturated carbocycles. The van der Waals surface area contributed by atoms with Crippen LogP contribution in [0, 0.1) is 0 Å². The summed E-state index contributed by atoms with van der Waals surface area (Å²) in [6.45, 7) is 4.60. The van der Waals surface area contributed by atoms with Crippen LogP contribution >= 0.6 is 0 Å². The number of unbranched alkanes of at least 4 members (excludes halogenated alkanes) is 18. The standard InChI is InChI=1S/C30H54/c1-3-5-7-9-11-13-15-17-19-21-25-29-27-23-24-28-30(29)26-22-20-18-16-14-12-10-8-6-4-2/h23-24,27-28H,3-22,25-26H2,1-2H3. The van der Waals surface area contributed by atoms with Crippen LogP contribution in [0.3, 0.4) is 0 Å². The quantitative estimate of drug-likeness (QED) is 0.165. The van der Waals surface area contributed by atoms with E-state index in [0.29, 0.717) is 0 Å². The zero-order valence-corrected chi connectivity index (χ0v) is 20.9. The van der Waals surface area contributed by atoms with Gasteiger partial charge in [0.15, 0.2) is 0 Å². The lowest BCUT2D eigenvalue weighted by Gasteiger charge is -2.10. The van der Waals surface area contributed by atoms with E-state index in [4.69, 9.17) is 0 Å². The average Bonchev–Trinajstić information content (AvgIpc) is 2.77. The molecule has 0 radical (unpaired) electrons. The van der Waals surface area contributed by atoms with Crippen molar-refractivity contribution in [3.8, 4) is 0 Å². The van der Waals surface area contributed by atoms with Crippen LogP contribution in [0.4, 0.5) is 0 Å². The molecule has 0 N–H and O–H groups in total. The molecule has 0 amide bonds. The highest BCUT2D eigenvalue weighted by Crippen LogP contribution is 2.18. The molecule has 0 spiro atoms. The van der Waals surface area contributed by atoms with Gasteiger partial charge in [-0.15, -0.1) is 0 Å². The molecule has 0 saturated heterocycles. The Morgan fingerprint density at radius 1 is 0.367 bits per heavy atom. The van der Waals surface area contributed by atoms with Crippen molar-refractivity contribution < 1.29 is 0 Å². The number of hydrogen-bond acceptors (Lipinski definition) is 0. The first kappa shape index (κ1) is 27.3. The maximum Gasteiger partial charge on any atom is -0.0276 e. The van der Waals surface area contributed by atoms with Crippen LogP contribution < -0.4 is 0 Å². The van der Waals surface area contributed by atoms with Crippen LogP contribution in [-0.4, -0.2) is 0 Å².